The minimum atomic E-state index is -2.74. The second kappa shape index (κ2) is 4.42. The predicted molar refractivity (Wildman–Crippen MR) is 63.7 cm³/mol. The zero-order valence-corrected chi connectivity index (χ0v) is 11.0. The van der Waals surface area contributed by atoms with Gasteiger partial charge in [-0.05, 0) is 24.3 Å². The fraction of sp³-hybridized carbons (Fsp3) is 1.00. The van der Waals surface area contributed by atoms with E-state index in [0.717, 1.165) is 13.0 Å². The first kappa shape index (κ1) is 13.0. The molecule has 0 radical (unpaired) electrons. The lowest BCUT2D eigenvalue weighted by Gasteiger charge is -2.28. The van der Waals surface area contributed by atoms with Gasteiger partial charge in [0.05, 0.1) is 11.5 Å². The molecular weight excluding hydrogens is 210 g/mol. The molecule has 2 atom stereocenters. The van der Waals surface area contributed by atoms with E-state index in [4.69, 9.17) is 0 Å². The number of rotatable bonds is 3. The van der Waals surface area contributed by atoms with Crippen LogP contribution in [0.25, 0.3) is 0 Å². The molecule has 1 heterocycles. The summed E-state index contributed by atoms with van der Waals surface area (Å²) in [6.45, 7) is 9.75. The Morgan fingerprint density at radius 2 is 2.00 bits per heavy atom. The van der Waals surface area contributed by atoms with Crippen LogP contribution in [-0.2, 0) is 9.84 Å². The van der Waals surface area contributed by atoms with Gasteiger partial charge in [-0.3, -0.25) is 0 Å². The van der Waals surface area contributed by atoms with Gasteiger partial charge in [-0.25, -0.2) is 8.42 Å². The molecule has 1 aliphatic heterocycles. The van der Waals surface area contributed by atoms with Gasteiger partial charge in [0.15, 0.2) is 9.84 Å². The first-order valence-electron chi connectivity index (χ1n) is 5.64. The fourth-order valence-corrected chi connectivity index (χ4v) is 3.31. The van der Waals surface area contributed by atoms with Gasteiger partial charge >= 0.3 is 0 Å². The molecule has 0 aromatic rings. The summed E-state index contributed by atoms with van der Waals surface area (Å²) < 4.78 is 22.5. The summed E-state index contributed by atoms with van der Waals surface area (Å²) >= 11 is 0. The van der Waals surface area contributed by atoms with Crippen LogP contribution in [0.1, 0.15) is 34.1 Å². The van der Waals surface area contributed by atoms with Gasteiger partial charge in [0.25, 0.3) is 0 Å². The van der Waals surface area contributed by atoms with Gasteiger partial charge < -0.3 is 5.32 Å². The highest BCUT2D eigenvalue weighted by Crippen LogP contribution is 2.24. The second-order valence-corrected chi connectivity index (χ2v) is 8.00. The van der Waals surface area contributed by atoms with Crippen LogP contribution >= 0.6 is 0 Å². The number of hydrogen-bond donors (Lipinski definition) is 1. The summed E-state index contributed by atoms with van der Waals surface area (Å²) in [4.78, 5) is 0. The van der Waals surface area contributed by atoms with Crippen molar-refractivity contribution in [1.29, 1.82) is 0 Å². The van der Waals surface area contributed by atoms with E-state index in [-0.39, 0.29) is 11.5 Å². The fourth-order valence-electron chi connectivity index (χ4n) is 1.61. The van der Waals surface area contributed by atoms with Gasteiger partial charge in [-0.15, -0.1) is 0 Å². The largest absolute Gasteiger partial charge is 0.313 e. The van der Waals surface area contributed by atoms with Gasteiger partial charge in [-0.2, -0.15) is 0 Å². The van der Waals surface area contributed by atoms with E-state index >= 15 is 0 Å². The number of sulfone groups is 1. The molecule has 0 bridgehead atoms. The van der Waals surface area contributed by atoms with Gasteiger partial charge in [0.2, 0.25) is 0 Å². The lowest BCUT2D eigenvalue weighted by atomic mass is 9.82. The first-order valence-corrected chi connectivity index (χ1v) is 7.47. The molecule has 0 aromatic carbocycles. The van der Waals surface area contributed by atoms with Crippen molar-refractivity contribution in [3.05, 3.63) is 0 Å². The highest BCUT2D eigenvalue weighted by Gasteiger charge is 2.28. The molecule has 90 valence electrons. The molecule has 1 saturated heterocycles. The maximum atomic E-state index is 11.2. The highest BCUT2D eigenvalue weighted by atomic mass is 32.2. The van der Waals surface area contributed by atoms with Crippen LogP contribution < -0.4 is 5.32 Å². The summed E-state index contributed by atoms with van der Waals surface area (Å²) in [5.41, 5.74) is 0.282. The lowest BCUT2D eigenvalue weighted by Crippen LogP contribution is -2.37. The zero-order valence-electron chi connectivity index (χ0n) is 10.2. The Morgan fingerprint density at radius 3 is 2.40 bits per heavy atom. The molecular formula is C11H23NO2S. The lowest BCUT2D eigenvalue weighted by molar-refractivity contribution is 0.247. The molecule has 15 heavy (non-hydrogen) atoms. The van der Waals surface area contributed by atoms with E-state index in [1.165, 1.54) is 0 Å². The van der Waals surface area contributed by atoms with E-state index in [1.807, 2.05) is 0 Å². The van der Waals surface area contributed by atoms with Crippen LogP contribution in [0.4, 0.5) is 0 Å². The van der Waals surface area contributed by atoms with Crippen molar-refractivity contribution < 1.29 is 8.42 Å². The van der Waals surface area contributed by atoms with Crippen LogP contribution in [0, 0.1) is 11.3 Å². The van der Waals surface area contributed by atoms with E-state index in [9.17, 15) is 8.42 Å². The minimum absolute atomic E-state index is 0.180. The summed E-state index contributed by atoms with van der Waals surface area (Å²) in [5, 5.41) is 3.36. The van der Waals surface area contributed by atoms with Crippen molar-refractivity contribution in [3.63, 3.8) is 0 Å². The van der Waals surface area contributed by atoms with Crippen LogP contribution in [0.5, 0.6) is 0 Å². The van der Waals surface area contributed by atoms with Crippen molar-refractivity contribution in [1.82, 2.24) is 5.32 Å². The third-order valence-corrected chi connectivity index (χ3v) is 5.19. The molecule has 1 rings (SSSR count). The third-order valence-electron chi connectivity index (χ3n) is 3.42. The Morgan fingerprint density at radius 1 is 1.40 bits per heavy atom. The topological polar surface area (TPSA) is 46.2 Å². The molecule has 0 amide bonds. The number of hydrogen-bond acceptors (Lipinski definition) is 3. The summed E-state index contributed by atoms with van der Waals surface area (Å²) in [6, 6.07) is 0.180. The van der Waals surface area contributed by atoms with Crippen molar-refractivity contribution in [2.24, 2.45) is 11.3 Å². The van der Waals surface area contributed by atoms with Crippen LogP contribution in [0.15, 0.2) is 0 Å². The maximum absolute atomic E-state index is 11.2. The normalized spacial score (nSPS) is 27.9. The zero-order chi connectivity index (χ0) is 11.7. The molecule has 3 nitrogen and oxygen atoms in total. The SMILES string of the molecule is CC(CNC1CCS(=O)(=O)C1)C(C)(C)C. The first-order chi connectivity index (χ1) is 6.71. The van der Waals surface area contributed by atoms with E-state index in [2.05, 4.69) is 33.0 Å². The minimum Gasteiger partial charge on any atom is -0.313 e. The molecule has 0 saturated carbocycles. The Labute approximate surface area is 93.6 Å². The summed E-state index contributed by atoms with van der Waals surface area (Å²) in [7, 11) is -2.74. The average molecular weight is 233 g/mol. The second-order valence-electron chi connectivity index (χ2n) is 5.78. The Hall–Kier alpha value is -0.0900. The molecule has 2 unspecified atom stereocenters. The molecule has 0 aromatic heterocycles. The quantitative estimate of drug-likeness (QED) is 0.802. The molecule has 1 N–H and O–H groups in total. The van der Waals surface area contributed by atoms with Crippen LogP contribution in [0.3, 0.4) is 0 Å². The third kappa shape index (κ3) is 4.11. The number of nitrogens with one attached hydrogen (secondary N) is 1. The molecule has 0 aliphatic carbocycles. The van der Waals surface area contributed by atoms with E-state index < -0.39 is 9.84 Å². The highest BCUT2D eigenvalue weighted by molar-refractivity contribution is 7.91. The Bertz CT molecular complexity index is 303. The average Bonchev–Trinajstić information content (AvgIpc) is 2.39. The molecule has 1 fully saturated rings. The standard InChI is InChI=1S/C11H23NO2S/c1-9(11(2,3)4)7-12-10-5-6-15(13,14)8-10/h9-10,12H,5-8H2,1-4H3. The van der Waals surface area contributed by atoms with Crippen LogP contribution in [-0.4, -0.2) is 32.5 Å². The monoisotopic (exact) mass is 233 g/mol. The van der Waals surface area contributed by atoms with Gasteiger partial charge in [0.1, 0.15) is 0 Å². The van der Waals surface area contributed by atoms with Crippen LogP contribution in [0.2, 0.25) is 0 Å². The smallest absolute Gasteiger partial charge is 0.151 e. The Balaban J connectivity index is 2.34. The molecule has 4 heteroatoms. The molecule has 1 aliphatic rings. The molecule has 0 spiro atoms. The van der Waals surface area contributed by atoms with Crippen molar-refractivity contribution >= 4 is 9.84 Å². The maximum Gasteiger partial charge on any atom is 0.151 e. The summed E-state index contributed by atoms with van der Waals surface area (Å²) in [5.74, 6) is 1.24. The van der Waals surface area contributed by atoms with Gasteiger partial charge in [0, 0.05) is 6.04 Å². The van der Waals surface area contributed by atoms with Crippen molar-refractivity contribution in [3.8, 4) is 0 Å². The predicted octanol–water partition coefficient (Wildman–Crippen LogP) is 1.45. The van der Waals surface area contributed by atoms with Gasteiger partial charge in [-0.1, -0.05) is 27.7 Å². The Kier molecular flexibility index (Phi) is 3.82. The van der Waals surface area contributed by atoms with Crippen molar-refractivity contribution in [2.75, 3.05) is 18.1 Å². The van der Waals surface area contributed by atoms with E-state index in [1.54, 1.807) is 0 Å². The summed E-state index contributed by atoms with van der Waals surface area (Å²) in [6.07, 6.45) is 0.777. The van der Waals surface area contributed by atoms with E-state index in [0.29, 0.717) is 17.4 Å². The van der Waals surface area contributed by atoms with Crippen molar-refractivity contribution in [2.45, 2.75) is 40.2 Å².